The summed E-state index contributed by atoms with van der Waals surface area (Å²) in [5, 5.41) is 8.53. The normalized spacial score (nSPS) is 14.0. The third-order valence-corrected chi connectivity index (χ3v) is 4.52. The monoisotopic (exact) mass is 350 g/mol. The summed E-state index contributed by atoms with van der Waals surface area (Å²) in [6.45, 7) is 0.582. The van der Waals surface area contributed by atoms with Crippen molar-refractivity contribution in [3.63, 3.8) is 0 Å². The number of carbonyl (C=O) groups excluding carboxylic acids is 2. The molecule has 0 saturated carbocycles. The van der Waals surface area contributed by atoms with Crippen LogP contribution in [0.4, 0.5) is 5.69 Å². The van der Waals surface area contributed by atoms with Crippen molar-refractivity contribution in [2.45, 2.75) is 25.7 Å². The van der Waals surface area contributed by atoms with Gasteiger partial charge < -0.3 is 4.90 Å². The first-order valence-electron chi connectivity index (χ1n) is 8.81. The average molecular weight is 350 g/mol. The molecule has 0 saturated heterocycles. The number of rotatable bonds is 6. The number of para-hydroxylation sites is 1. The topological polar surface area (TPSA) is 69.6 Å². The minimum Gasteiger partial charge on any atom is -0.308 e. The smallest absolute Gasteiger partial charge is 0.258 e. The van der Waals surface area contributed by atoms with Crippen LogP contribution in [0.5, 0.6) is 0 Å². The van der Waals surface area contributed by atoms with E-state index in [2.05, 4.69) is 0 Å². The summed E-state index contributed by atoms with van der Waals surface area (Å²) in [7, 11) is 0. The van der Waals surface area contributed by atoms with Gasteiger partial charge in [-0.1, -0.05) is 55.0 Å². The Morgan fingerprint density at radius 3 is 2.42 bits per heavy atom. The summed E-state index contributed by atoms with van der Waals surface area (Å²) in [5.41, 5.74) is 5.16. The van der Waals surface area contributed by atoms with Crippen molar-refractivity contribution < 1.29 is 14.8 Å². The van der Waals surface area contributed by atoms with E-state index in [1.807, 2.05) is 65.6 Å². The van der Waals surface area contributed by atoms with Gasteiger partial charge in [0.25, 0.3) is 5.91 Å². The highest BCUT2D eigenvalue weighted by Crippen LogP contribution is 2.29. The zero-order valence-electron chi connectivity index (χ0n) is 14.5. The molecule has 26 heavy (non-hydrogen) atoms. The molecule has 1 heterocycles. The van der Waals surface area contributed by atoms with Crippen LogP contribution in [0.15, 0.2) is 48.5 Å². The van der Waals surface area contributed by atoms with E-state index in [1.54, 1.807) is 5.48 Å². The summed E-state index contributed by atoms with van der Waals surface area (Å²) in [4.78, 5) is 26.1. The van der Waals surface area contributed by atoms with Gasteiger partial charge >= 0.3 is 0 Å². The van der Waals surface area contributed by atoms with Gasteiger partial charge in [-0.3, -0.25) is 14.8 Å². The molecule has 3 rings (SSSR count). The van der Waals surface area contributed by atoms with Crippen molar-refractivity contribution >= 4 is 29.7 Å². The largest absolute Gasteiger partial charge is 0.308 e. The quantitative estimate of drug-likeness (QED) is 0.472. The Bertz CT molecular complexity index is 830. The van der Waals surface area contributed by atoms with Crippen LogP contribution in [0, 0.1) is 0 Å². The number of nitrogens with zero attached hydrogens (tertiary/aromatic N) is 1. The Hall–Kier alpha value is -2.92. The molecule has 0 bridgehead atoms. The van der Waals surface area contributed by atoms with Crippen LogP contribution in [-0.2, 0) is 4.79 Å². The standard InChI is InChI=1S/C21H22N2O3/c24-20(22-26)12-2-1-7-15-23-19-11-6-4-9-17(19)14-13-16-8-3-5-10-18(16)21(23)25/h3-6,8-11,13-14,26H,1-2,7,12,15H2,(H,22,24)/b14-13-. The van der Waals surface area contributed by atoms with Crippen molar-refractivity contribution in [2.24, 2.45) is 0 Å². The van der Waals surface area contributed by atoms with Crippen molar-refractivity contribution in [1.82, 2.24) is 5.48 Å². The second-order valence-corrected chi connectivity index (χ2v) is 6.28. The van der Waals surface area contributed by atoms with Crippen molar-refractivity contribution in [1.29, 1.82) is 0 Å². The molecule has 5 heteroatoms. The van der Waals surface area contributed by atoms with Crippen LogP contribution >= 0.6 is 0 Å². The van der Waals surface area contributed by atoms with Gasteiger partial charge in [-0.05, 0) is 36.1 Å². The zero-order valence-corrected chi connectivity index (χ0v) is 14.5. The Morgan fingerprint density at radius 2 is 1.62 bits per heavy atom. The molecule has 2 aromatic rings. The number of carbonyl (C=O) groups is 2. The predicted molar refractivity (Wildman–Crippen MR) is 102 cm³/mol. The first-order valence-corrected chi connectivity index (χ1v) is 8.81. The first-order chi connectivity index (χ1) is 12.7. The molecule has 5 nitrogen and oxygen atoms in total. The Labute approximate surface area is 152 Å². The lowest BCUT2D eigenvalue weighted by Gasteiger charge is -2.27. The van der Waals surface area contributed by atoms with Crippen LogP contribution < -0.4 is 10.4 Å². The molecule has 0 aromatic heterocycles. The van der Waals surface area contributed by atoms with Crippen molar-refractivity contribution in [2.75, 3.05) is 11.4 Å². The number of hydrogen-bond acceptors (Lipinski definition) is 3. The lowest BCUT2D eigenvalue weighted by Crippen LogP contribution is -2.33. The maximum absolute atomic E-state index is 13.2. The number of amides is 2. The van der Waals surface area contributed by atoms with Gasteiger partial charge in [0.15, 0.2) is 0 Å². The van der Waals surface area contributed by atoms with E-state index in [4.69, 9.17) is 5.21 Å². The number of benzene rings is 2. The van der Waals surface area contributed by atoms with Crippen LogP contribution in [0.25, 0.3) is 12.2 Å². The third-order valence-electron chi connectivity index (χ3n) is 4.52. The fraction of sp³-hybridized carbons (Fsp3) is 0.238. The lowest BCUT2D eigenvalue weighted by molar-refractivity contribution is -0.129. The summed E-state index contributed by atoms with van der Waals surface area (Å²) in [6.07, 6.45) is 6.57. The van der Waals surface area contributed by atoms with Crippen LogP contribution in [0.2, 0.25) is 0 Å². The second-order valence-electron chi connectivity index (χ2n) is 6.28. The average Bonchev–Trinajstić information content (AvgIpc) is 2.68. The highest BCUT2D eigenvalue weighted by molar-refractivity contribution is 6.10. The number of nitrogens with one attached hydrogen (secondary N) is 1. The molecule has 0 radical (unpaired) electrons. The fourth-order valence-corrected chi connectivity index (χ4v) is 3.16. The second kappa shape index (κ2) is 8.45. The molecule has 1 aliphatic heterocycles. The van der Waals surface area contributed by atoms with Gasteiger partial charge in [-0.25, -0.2) is 5.48 Å². The SMILES string of the molecule is O=C(CCCCCN1C(=O)c2ccccc2/C=C\c2ccccc21)NO. The number of anilines is 1. The van der Waals surface area contributed by atoms with Gasteiger partial charge in [0.05, 0.1) is 5.69 Å². The number of hydroxylamine groups is 1. The van der Waals surface area contributed by atoms with E-state index >= 15 is 0 Å². The highest BCUT2D eigenvalue weighted by atomic mass is 16.5. The molecular formula is C21H22N2O3. The maximum Gasteiger partial charge on any atom is 0.258 e. The van der Waals surface area contributed by atoms with E-state index in [0.29, 0.717) is 18.5 Å². The zero-order chi connectivity index (χ0) is 18.4. The molecule has 2 amide bonds. The van der Waals surface area contributed by atoms with E-state index in [-0.39, 0.29) is 18.2 Å². The van der Waals surface area contributed by atoms with E-state index in [9.17, 15) is 9.59 Å². The van der Waals surface area contributed by atoms with Gasteiger partial charge in [-0.2, -0.15) is 0 Å². The fourth-order valence-electron chi connectivity index (χ4n) is 3.16. The molecule has 0 aliphatic carbocycles. The van der Waals surface area contributed by atoms with E-state index in [0.717, 1.165) is 29.7 Å². The Morgan fingerprint density at radius 1 is 0.923 bits per heavy atom. The molecule has 0 fully saturated rings. The summed E-state index contributed by atoms with van der Waals surface area (Å²) in [5.74, 6) is -0.387. The van der Waals surface area contributed by atoms with E-state index < -0.39 is 0 Å². The molecule has 2 N–H and O–H groups in total. The molecule has 0 unspecified atom stereocenters. The Balaban J connectivity index is 1.80. The number of unbranched alkanes of at least 4 members (excludes halogenated alkanes) is 2. The van der Waals surface area contributed by atoms with Crippen LogP contribution in [0.1, 0.15) is 47.2 Å². The molecular weight excluding hydrogens is 328 g/mol. The molecule has 1 aliphatic rings. The summed E-state index contributed by atoms with van der Waals surface area (Å²) < 4.78 is 0. The number of fused-ring (bicyclic) bond motifs is 2. The maximum atomic E-state index is 13.2. The van der Waals surface area contributed by atoms with Gasteiger partial charge in [0.2, 0.25) is 5.91 Å². The molecule has 134 valence electrons. The molecule has 0 spiro atoms. The van der Waals surface area contributed by atoms with Gasteiger partial charge in [-0.15, -0.1) is 0 Å². The van der Waals surface area contributed by atoms with Crippen molar-refractivity contribution in [3.05, 3.63) is 65.2 Å². The van der Waals surface area contributed by atoms with Crippen LogP contribution in [0.3, 0.4) is 0 Å². The molecule has 2 aromatic carbocycles. The van der Waals surface area contributed by atoms with Gasteiger partial charge in [0.1, 0.15) is 0 Å². The third kappa shape index (κ3) is 4.00. The van der Waals surface area contributed by atoms with E-state index in [1.165, 1.54) is 0 Å². The number of hydrogen-bond donors (Lipinski definition) is 2. The summed E-state index contributed by atoms with van der Waals surface area (Å²) in [6, 6.07) is 15.5. The Kier molecular flexibility index (Phi) is 5.81. The predicted octanol–water partition coefficient (Wildman–Crippen LogP) is 3.88. The first kappa shape index (κ1) is 17.9. The van der Waals surface area contributed by atoms with Crippen LogP contribution in [-0.4, -0.2) is 23.6 Å². The summed E-state index contributed by atoms with van der Waals surface area (Å²) >= 11 is 0. The minimum absolute atomic E-state index is 0.00880. The van der Waals surface area contributed by atoms with Crippen molar-refractivity contribution in [3.8, 4) is 0 Å². The highest BCUT2D eigenvalue weighted by Gasteiger charge is 2.22. The lowest BCUT2D eigenvalue weighted by atomic mass is 10.00. The minimum atomic E-state index is -0.378. The van der Waals surface area contributed by atoms with Gasteiger partial charge in [0, 0.05) is 18.5 Å². The molecule has 0 atom stereocenters.